The summed E-state index contributed by atoms with van der Waals surface area (Å²) in [6, 6.07) is 26.2. The molecule has 0 saturated heterocycles. The van der Waals surface area contributed by atoms with Crippen molar-refractivity contribution < 1.29 is 18.7 Å². The van der Waals surface area contributed by atoms with Gasteiger partial charge in [0.2, 0.25) is 0 Å². The lowest BCUT2D eigenvalue weighted by Crippen LogP contribution is -2.28. The molecule has 8 heteroatoms. The van der Waals surface area contributed by atoms with E-state index < -0.39 is 19.4 Å². The average Bonchev–Trinajstić information content (AvgIpc) is 2.86. The molecule has 5 nitrogen and oxygen atoms in total. The SMILES string of the molecule is COP(=O)(OC)C(NC(c1ccc(Br)cc1)c1c(O)ccc2ccccc12)c1ccc(Br)cc1. The highest BCUT2D eigenvalue weighted by Gasteiger charge is 2.38. The summed E-state index contributed by atoms with van der Waals surface area (Å²) >= 11 is 6.95. The molecular weight excluding hydrogens is 581 g/mol. The highest BCUT2D eigenvalue weighted by Crippen LogP contribution is 2.59. The minimum atomic E-state index is -3.63. The molecule has 2 unspecified atom stereocenters. The largest absolute Gasteiger partial charge is 0.508 e. The molecule has 4 rings (SSSR count). The van der Waals surface area contributed by atoms with Crippen molar-refractivity contribution >= 4 is 50.2 Å². The molecule has 176 valence electrons. The Bertz CT molecular complexity index is 1320. The van der Waals surface area contributed by atoms with Crippen LogP contribution in [-0.4, -0.2) is 19.3 Å². The van der Waals surface area contributed by atoms with Gasteiger partial charge in [-0.1, -0.05) is 86.5 Å². The number of hydrogen-bond donors (Lipinski definition) is 2. The number of nitrogens with one attached hydrogen (secondary N) is 1. The molecule has 0 bridgehead atoms. The van der Waals surface area contributed by atoms with Gasteiger partial charge in [-0.25, -0.2) is 0 Å². The number of hydrogen-bond acceptors (Lipinski definition) is 5. The van der Waals surface area contributed by atoms with Crippen LogP contribution >= 0.6 is 39.5 Å². The van der Waals surface area contributed by atoms with Crippen molar-refractivity contribution in [3.05, 3.63) is 111 Å². The quantitative estimate of drug-likeness (QED) is 0.200. The smallest absolute Gasteiger partial charge is 0.351 e. The molecule has 0 fully saturated rings. The molecule has 0 radical (unpaired) electrons. The van der Waals surface area contributed by atoms with E-state index in [0.29, 0.717) is 5.56 Å². The zero-order chi connectivity index (χ0) is 24.3. The Morgan fingerprint density at radius 2 is 1.35 bits per heavy atom. The lowest BCUT2D eigenvalue weighted by Gasteiger charge is -2.31. The van der Waals surface area contributed by atoms with Crippen molar-refractivity contribution in [1.82, 2.24) is 5.32 Å². The van der Waals surface area contributed by atoms with Gasteiger partial charge in [0.15, 0.2) is 0 Å². The van der Waals surface area contributed by atoms with E-state index >= 15 is 0 Å². The second-order valence-electron chi connectivity index (χ2n) is 7.73. The van der Waals surface area contributed by atoms with Crippen LogP contribution in [0.3, 0.4) is 0 Å². The van der Waals surface area contributed by atoms with Crippen molar-refractivity contribution in [2.75, 3.05) is 14.2 Å². The van der Waals surface area contributed by atoms with Gasteiger partial charge in [-0.05, 0) is 52.2 Å². The lowest BCUT2D eigenvalue weighted by molar-refractivity contribution is 0.257. The molecule has 0 saturated carbocycles. The van der Waals surface area contributed by atoms with Gasteiger partial charge in [0.1, 0.15) is 11.5 Å². The van der Waals surface area contributed by atoms with Crippen LogP contribution in [0.5, 0.6) is 5.75 Å². The minimum Gasteiger partial charge on any atom is -0.508 e. The van der Waals surface area contributed by atoms with Gasteiger partial charge in [0.05, 0.1) is 6.04 Å². The van der Waals surface area contributed by atoms with Gasteiger partial charge < -0.3 is 14.2 Å². The van der Waals surface area contributed by atoms with Gasteiger partial charge in [0.25, 0.3) is 0 Å². The van der Waals surface area contributed by atoms with Gasteiger partial charge in [-0.3, -0.25) is 9.88 Å². The fraction of sp³-hybridized carbons (Fsp3) is 0.154. The van der Waals surface area contributed by atoms with Gasteiger partial charge in [-0.15, -0.1) is 0 Å². The Hall–Kier alpha value is -1.99. The topological polar surface area (TPSA) is 67.8 Å². The zero-order valence-corrected chi connectivity index (χ0v) is 22.7. The standard InChI is InChI=1S/C26H24Br2NO4P/c1-32-34(31,33-2)26(19-9-14-21(28)15-10-19)29-25(18-7-12-20(27)13-8-18)24-22-6-4-3-5-17(22)11-16-23(24)30/h3-16,25-26,29-30H,1-2H3. The Labute approximate surface area is 215 Å². The number of benzene rings is 4. The zero-order valence-electron chi connectivity index (χ0n) is 18.6. The molecule has 34 heavy (non-hydrogen) atoms. The van der Waals surface area contributed by atoms with E-state index in [1.54, 1.807) is 6.07 Å². The highest BCUT2D eigenvalue weighted by molar-refractivity contribution is 9.10. The lowest BCUT2D eigenvalue weighted by atomic mass is 9.92. The van der Waals surface area contributed by atoms with E-state index in [-0.39, 0.29) is 5.75 Å². The Kier molecular flexibility index (Phi) is 7.93. The van der Waals surface area contributed by atoms with Crippen LogP contribution in [0.15, 0.2) is 93.9 Å². The van der Waals surface area contributed by atoms with Gasteiger partial charge in [0, 0.05) is 28.7 Å². The van der Waals surface area contributed by atoms with Gasteiger partial charge in [-0.2, -0.15) is 0 Å². The third kappa shape index (κ3) is 5.15. The molecule has 2 N–H and O–H groups in total. The second kappa shape index (κ2) is 10.7. The fourth-order valence-corrected chi connectivity index (χ4v) is 6.02. The van der Waals surface area contributed by atoms with Gasteiger partial charge >= 0.3 is 7.60 Å². The Balaban J connectivity index is 1.93. The first-order valence-electron chi connectivity index (χ1n) is 10.5. The molecule has 2 atom stereocenters. The molecule has 0 aromatic heterocycles. The molecule has 0 aliphatic carbocycles. The first-order chi connectivity index (χ1) is 16.4. The van der Waals surface area contributed by atoms with Crippen molar-refractivity contribution in [1.29, 1.82) is 0 Å². The number of fused-ring (bicyclic) bond motifs is 1. The molecular formula is C26H24Br2NO4P. The maximum Gasteiger partial charge on any atom is 0.351 e. The normalized spacial score (nSPS) is 13.6. The van der Waals surface area contributed by atoms with E-state index in [0.717, 1.165) is 30.8 Å². The molecule has 0 aliphatic rings. The van der Waals surface area contributed by atoms with Crippen LogP contribution < -0.4 is 5.32 Å². The van der Waals surface area contributed by atoms with Crippen molar-refractivity contribution in [2.45, 2.75) is 11.8 Å². The summed E-state index contributed by atoms with van der Waals surface area (Å²) in [5, 5.41) is 16.4. The van der Waals surface area contributed by atoms with Crippen LogP contribution in [0.2, 0.25) is 0 Å². The maximum absolute atomic E-state index is 13.7. The third-order valence-electron chi connectivity index (χ3n) is 5.78. The van der Waals surface area contributed by atoms with E-state index in [1.165, 1.54) is 14.2 Å². The summed E-state index contributed by atoms with van der Waals surface area (Å²) in [7, 11) is -0.872. The Morgan fingerprint density at radius 3 is 1.94 bits per heavy atom. The van der Waals surface area contributed by atoms with Crippen LogP contribution in [0.1, 0.15) is 28.5 Å². The summed E-state index contributed by atoms with van der Waals surface area (Å²) in [4.78, 5) is 0. The summed E-state index contributed by atoms with van der Waals surface area (Å²) < 4.78 is 26.4. The van der Waals surface area contributed by atoms with Crippen LogP contribution in [-0.2, 0) is 13.6 Å². The monoisotopic (exact) mass is 603 g/mol. The molecule has 0 amide bonds. The minimum absolute atomic E-state index is 0.137. The Morgan fingerprint density at radius 1 is 0.794 bits per heavy atom. The van der Waals surface area contributed by atoms with Crippen molar-refractivity contribution in [2.24, 2.45) is 0 Å². The number of phenolic OH excluding ortho intramolecular Hbond substituents is 1. The van der Waals surface area contributed by atoms with E-state index in [2.05, 4.69) is 37.2 Å². The molecule has 4 aromatic rings. The summed E-state index contributed by atoms with van der Waals surface area (Å²) in [6.45, 7) is 0. The van der Waals surface area contributed by atoms with Crippen molar-refractivity contribution in [3.8, 4) is 5.75 Å². The van der Waals surface area contributed by atoms with Crippen LogP contribution in [0.25, 0.3) is 10.8 Å². The van der Waals surface area contributed by atoms with Crippen molar-refractivity contribution in [3.63, 3.8) is 0 Å². The predicted octanol–water partition coefficient (Wildman–Crippen LogP) is 7.93. The number of rotatable bonds is 8. The first kappa shape index (κ1) is 25.1. The highest BCUT2D eigenvalue weighted by atomic mass is 79.9. The first-order valence-corrected chi connectivity index (χ1v) is 13.7. The fourth-order valence-electron chi connectivity index (χ4n) is 4.05. The van der Waals surface area contributed by atoms with E-state index in [9.17, 15) is 9.67 Å². The van der Waals surface area contributed by atoms with Crippen LogP contribution in [0.4, 0.5) is 0 Å². The number of aromatic hydroxyl groups is 1. The summed E-state index contributed by atoms with van der Waals surface area (Å²) in [6.07, 6.45) is 0. The summed E-state index contributed by atoms with van der Waals surface area (Å²) in [5.74, 6) is -0.666. The van der Waals surface area contributed by atoms with E-state index in [4.69, 9.17) is 9.05 Å². The molecule has 4 aromatic carbocycles. The van der Waals surface area contributed by atoms with Crippen LogP contribution in [0, 0.1) is 0 Å². The van der Waals surface area contributed by atoms with E-state index in [1.807, 2.05) is 78.9 Å². The predicted molar refractivity (Wildman–Crippen MR) is 143 cm³/mol. The summed E-state index contributed by atoms with van der Waals surface area (Å²) in [5.41, 5.74) is 2.30. The molecule has 0 aliphatic heterocycles. The number of phenols is 1. The second-order valence-corrected chi connectivity index (χ2v) is 11.9. The maximum atomic E-state index is 13.7. The molecule has 0 heterocycles. The third-order valence-corrected chi connectivity index (χ3v) is 8.93. The number of halogens is 2. The molecule has 0 spiro atoms. The average molecular weight is 605 g/mol.